The predicted octanol–water partition coefficient (Wildman–Crippen LogP) is 8.64. The minimum Gasteiger partial charge on any atom is -0.462 e. The van der Waals surface area contributed by atoms with E-state index < -0.39 is 50.6 Å². The van der Waals surface area contributed by atoms with Gasteiger partial charge in [0.05, 0.1) is 25.4 Å². The lowest BCUT2D eigenvalue weighted by atomic mass is 9.90. The lowest BCUT2D eigenvalue weighted by molar-refractivity contribution is -0.161. The highest BCUT2D eigenvalue weighted by Crippen LogP contribution is 2.43. The Morgan fingerprint density at radius 3 is 2.00 bits per heavy atom. The van der Waals surface area contributed by atoms with Gasteiger partial charge in [-0.15, -0.1) is 0 Å². The number of esters is 2. The van der Waals surface area contributed by atoms with Crippen LogP contribution in [0.25, 0.3) is 0 Å². The lowest BCUT2D eigenvalue weighted by Crippen LogP contribution is -2.29. The largest absolute Gasteiger partial charge is 0.472 e. The van der Waals surface area contributed by atoms with Crippen molar-refractivity contribution >= 4 is 25.5 Å². The maximum atomic E-state index is 12.6. The molecule has 0 heterocycles. The summed E-state index contributed by atoms with van der Waals surface area (Å²) in [6.07, 6.45) is 37.1. The minimum absolute atomic E-state index is 0.00134. The number of phosphoric ester groups is 1. The Balaban J connectivity index is 2.47. The third kappa shape index (κ3) is 28.2. The summed E-state index contributed by atoms with van der Waals surface area (Å²) < 4.78 is 32.6. The summed E-state index contributed by atoms with van der Waals surface area (Å²) in [5, 5.41) is 20.7. The molecular formula is C45H72NO11P. The second kappa shape index (κ2) is 34.6. The fourth-order valence-corrected chi connectivity index (χ4v) is 6.71. The molecule has 13 heteroatoms. The molecule has 1 rings (SSSR count). The van der Waals surface area contributed by atoms with Crippen molar-refractivity contribution in [1.82, 2.24) is 0 Å². The highest BCUT2D eigenvalue weighted by atomic mass is 31.2. The Morgan fingerprint density at radius 2 is 1.40 bits per heavy atom. The molecule has 0 amide bonds. The topological polar surface area (TPSA) is 192 Å². The van der Waals surface area contributed by atoms with E-state index in [1.807, 2.05) is 24.3 Å². The molecule has 0 bridgehead atoms. The van der Waals surface area contributed by atoms with Crippen molar-refractivity contribution in [3.63, 3.8) is 0 Å². The van der Waals surface area contributed by atoms with Gasteiger partial charge in [-0.05, 0) is 70.6 Å². The average molecular weight is 834 g/mol. The standard InChI is InChI=1S/C45H72NO11P/c1-3-5-7-8-9-10-11-12-13-14-15-16-17-18-19-20-26-30-45(51)57-39(37-56-58(52,53)55-34-33-46)36-54-44(50)29-25-22-21-24-28-40-41(43(49)35-42(40)48)32-31-38(47)27-23-6-4-2/h5,7,9-10,12-13,15-16,18-19,21,24,31-32,38-42,47-48H,3-4,6,8,11,14,17,20,22-23,25-30,33-37,46H2,1-2H3,(H,52,53)/b7-5-,10-9-,13-12-,16-15-,19-18-,24-21-,32-31+/t38-,39+,40+,41+,42-/m0/s1. The van der Waals surface area contributed by atoms with E-state index in [-0.39, 0.29) is 50.7 Å². The summed E-state index contributed by atoms with van der Waals surface area (Å²) in [6, 6.07) is 0. The molecule has 0 aromatic carbocycles. The monoisotopic (exact) mass is 833 g/mol. The number of carbonyl (C=O) groups is 3. The van der Waals surface area contributed by atoms with Crippen molar-refractivity contribution in [3.8, 4) is 0 Å². The van der Waals surface area contributed by atoms with Crippen LogP contribution in [0.15, 0.2) is 85.1 Å². The van der Waals surface area contributed by atoms with Gasteiger partial charge in [0.15, 0.2) is 6.10 Å². The van der Waals surface area contributed by atoms with Gasteiger partial charge in [-0.1, -0.05) is 118 Å². The summed E-state index contributed by atoms with van der Waals surface area (Å²) in [6.45, 7) is 3.11. The Kier molecular flexibility index (Phi) is 31.5. The van der Waals surface area contributed by atoms with Gasteiger partial charge in [0.2, 0.25) is 0 Å². The van der Waals surface area contributed by atoms with Gasteiger partial charge in [-0.3, -0.25) is 23.4 Å². The fourth-order valence-electron chi connectivity index (χ4n) is 5.94. The zero-order chi connectivity index (χ0) is 42.7. The van der Waals surface area contributed by atoms with E-state index in [4.69, 9.17) is 24.3 Å². The minimum atomic E-state index is -4.46. The number of carbonyl (C=O) groups excluding carboxylic acids is 3. The summed E-state index contributed by atoms with van der Waals surface area (Å²) in [7, 11) is -4.46. The van der Waals surface area contributed by atoms with Gasteiger partial charge in [0.1, 0.15) is 12.4 Å². The Bertz CT molecular complexity index is 1390. The van der Waals surface area contributed by atoms with E-state index in [1.54, 1.807) is 12.2 Å². The number of ether oxygens (including phenoxy) is 2. The molecule has 328 valence electrons. The zero-order valence-corrected chi connectivity index (χ0v) is 35.8. The molecule has 0 radical (unpaired) electrons. The molecule has 12 nitrogen and oxygen atoms in total. The van der Waals surface area contributed by atoms with E-state index in [2.05, 4.69) is 62.5 Å². The molecule has 0 aromatic rings. The molecule has 1 aliphatic carbocycles. The first-order valence-electron chi connectivity index (χ1n) is 21.2. The number of rotatable bonds is 34. The van der Waals surface area contributed by atoms with Crippen LogP contribution >= 0.6 is 7.82 Å². The molecule has 0 spiro atoms. The average Bonchev–Trinajstić information content (AvgIpc) is 3.47. The third-order valence-electron chi connectivity index (χ3n) is 9.14. The van der Waals surface area contributed by atoms with E-state index in [0.29, 0.717) is 38.5 Å². The molecule has 1 saturated carbocycles. The van der Waals surface area contributed by atoms with Crippen molar-refractivity contribution in [1.29, 1.82) is 0 Å². The number of allylic oxidation sites excluding steroid dienone is 13. The number of nitrogens with two attached hydrogens (primary N) is 1. The fraction of sp³-hybridized carbons (Fsp3) is 0.622. The lowest BCUT2D eigenvalue weighted by Gasteiger charge is -2.19. The molecule has 5 N–H and O–H groups in total. The van der Waals surface area contributed by atoms with Crippen molar-refractivity contribution in [2.24, 2.45) is 17.6 Å². The number of unbranched alkanes of at least 4 members (excludes halogenated alkanes) is 4. The van der Waals surface area contributed by atoms with Crippen LogP contribution in [0.3, 0.4) is 0 Å². The third-order valence-corrected chi connectivity index (χ3v) is 10.1. The highest BCUT2D eigenvalue weighted by Gasteiger charge is 2.39. The van der Waals surface area contributed by atoms with E-state index in [9.17, 15) is 34.1 Å². The Morgan fingerprint density at radius 1 is 0.810 bits per heavy atom. The van der Waals surface area contributed by atoms with Crippen LogP contribution < -0.4 is 5.73 Å². The first kappa shape index (κ1) is 52.8. The first-order valence-corrected chi connectivity index (χ1v) is 22.7. The number of ketones is 1. The summed E-state index contributed by atoms with van der Waals surface area (Å²) in [4.78, 5) is 47.5. The number of aliphatic hydroxyl groups excluding tert-OH is 2. The van der Waals surface area contributed by atoms with E-state index in [1.165, 1.54) is 0 Å². The second-order valence-electron chi connectivity index (χ2n) is 14.3. The summed E-state index contributed by atoms with van der Waals surface area (Å²) >= 11 is 0. The molecule has 58 heavy (non-hydrogen) atoms. The van der Waals surface area contributed by atoms with Crippen molar-refractivity contribution in [2.45, 2.75) is 141 Å². The van der Waals surface area contributed by atoms with Crippen LogP contribution in [0.2, 0.25) is 0 Å². The SMILES string of the molecule is CC/C=C\C/C=C\C/C=C\C/C=C\C/C=C\CCCC(=O)O[C@H](COC(=O)CCC/C=C\C[C@H]1[C@@H](O)CC(=O)[C@@H]1/C=C/[C@@H](O)CCCCC)COP(=O)(O)OCCN. The normalized spacial score (nSPS) is 19.9. The summed E-state index contributed by atoms with van der Waals surface area (Å²) in [5.41, 5.74) is 5.33. The van der Waals surface area contributed by atoms with Crippen LogP contribution in [0, 0.1) is 11.8 Å². The van der Waals surface area contributed by atoms with Crippen molar-refractivity contribution < 1.29 is 52.6 Å². The summed E-state index contributed by atoms with van der Waals surface area (Å²) in [5.74, 6) is -1.86. The molecule has 1 fully saturated rings. The molecule has 1 aliphatic rings. The zero-order valence-electron chi connectivity index (χ0n) is 35.0. The van der Waals surface area contributed by atoms with Crippen molar-refractivity contribution in [2.75, 3.05) is 26.4 Å². The first-order chi connectivity index (χ1) is 28.0. The Labute approximate surface area is 347 Å². The van der Waals surface area contributed by atoms with E-state index in [0.717, 1.165) is 51.4 Å². The number of hydrogen-bond acceptors (Lipinski definition) is 11. The smallest absolute Gasteiger partial charge is 0.462 e. The maximum Gasteiger partial charge on any atom is 0.472 e. The number of phosphoric acid groups is 1. The molecule has 0 aromatic heterocycles. The van der Waals surface area contributed by atoms with Gasteiger partial charge in [-0.2, -0.15) is 0 Å². The molecule has 1 unspecified atom stereocenters. The number of hydrogen-bond donors (Lipinski definition) is 4. The van der Waals surface area contributed by atoms with Crippen LogP contribution in [0.1, 0.15) is 123 Å². The number of aliphatic hydroxyl groups is 2. The quantitative estimate of drug-likeness (QED) is 0.0209. The van der Waals surface area contributed by atoms with Crippen LogP contribution in [-0.2, 0) is 37.5 Å². The molecular weight excluding hydrogens is 761 g/mol. The second-order valence-corrected chi connectivity index (χ2v) is 15.7. The number of Topliss-reactive ketones (excluding diaryl/α,β-unsaturated/α-hetero) is 1. The highest BCUT2D eigenvalue weighted by molar-refractivity contribution is 7.47. The van der Waals surface area contributed by atoms with Gasteiger partial charge < -0.3 is 30.3 Å². The van der Waals surface area contributed by atoms with Gasteiger partial charge in [-0.25, -0.2) is 4.57 Å². The van der Waals surface area contributed by atoms with Gasteiger partial charge >= 0.3 is 19.8 Å². The van der Waals surface area contributed by atoms with Gasteiger partial charge in [0, 0.05) is 37.6 Å². The van der Waals surface area contributed by atoms with Crippen LogP contribution in [0.4, 0.5) is 0 Å². The maximum absolute atomic E-state index is 12.6. The van der Waals surface area contributed by atoms with E-state index >= 15 is 0 Å². The molecule has 0 saturated heterocycles. The van der Waals surface area contributed by atoms with Gasteiger partial charge in [0.25, 0.3) is 0 Å². The predicted molar refractivity (Wildman–Crippen MR) is 229 cm³/mol. The van der Waals surface area contributed by atoms with Crippen LogP contribution in [-0.4, -0.2) is 77.5 Å². The van der Waals surface area contributed by atoms with Crippen LogP contribution in [0.5, 0.6) is 0 Å². The van der Waals surface area contributed by atoms with Crippen molar-refractivity contribution in [3.05, 3.63) is 85.1 Å². The molecule has 0 aliphatic heterocycles. The molecule has 6 atom stereocenters. The Hall–Kier alpha value is -3.22.